The second-order valence-electron chi connectivity index (χ2n) is 7.56. The Kier molecular flexibility index (Phi) is 9.50. The van der Waals surface area contributed by atoms with E-state index < -0.39 is 24.1 Å². The molecular weight excluding hydrogens is 450 g/mol. The molecule has 0 aliphatic heterocycles. The van der Waals surface area contributed by atoms with E-state index in [0.717, 1.165) is 5.56 Å². The van der Waals surface area contributed by atoms with Crippen molar-refractivity contribution in [1.82, 2.24) is 10.6 Å². The number of hydrogen-bond acceptors (Lipinski definition) is 5. The van der Waals surface area contributed by atoms with Crippen LogP contribution in [0.5, 0.6) is 11.5 Å². The van der Waals surface area contributed by atoms with Crippen molar-refractivity contribution >= 4 is 23.8 Å². The fraction of sp³-hybridized carbons (Fsp3) is 0.192. The molecule has 182 valence electrons. The SMILES string of the molecule is O=C(O)NCCCC(NC(=O)OCc1ccccc1)C(=O)Nc1ccc(Oc2ccccc2)cc1. The van der Waals surface area contributed by atoms with E-state index in [-0.39, 0.29) is 19.6 Å². The Morgan fingerprint density at radius 3 is 2.11 bits per heavy atom. The Labute approximate surface area is 203 Å². The number of para-hydroxylation sites is 1. The maximum Gasteiger partial charge on any atom is 0.408 e. The van der Waals surface area contributed by atoms with Gasteiger partial charge in [-0.25, -0.2) is 9.59 Å². The van der Waals surface area contributed by atoms with Gasteiger partial charge < -0.3 is 30.5 Å². The highest BCUT2D eigenvalue weighted by Gasteiger charge is 2.21. The third kappa shape index (κ3) is 9.09. The van der Waals surface area contributed by atoms with Crippen LogP contribution >= 0.6 is 0 Å². The molecule has 0 aromatic heterocycles. The molecule has 1 atom stereocenters. The maximum atomic E-state index is 12.9. The van der Waals surface area contributed by atoms with Gasteiger partial charge in [-0.05, 0) is 54.8 Å². The number of alkyl carbamates (subject to hydrolysis) is 1. The summed E-state index contributed by atoms with van der Waals surface area (Å²) < 4.78 is 11.0. The molecule has 9 nitrogen and oxygen atoms in total. The lowest BCUT2D eigenvalue weighted by Crippen LogP contribution is -2.44. The first-order valence-electron chi connectivity index (χ1n) is 11.1. The van der Waals surface area contributed by atoms with E-state index in [2.05, 4.69) is 16.0 Å². The van der Waals surface area contributed by atoms with Crippen LogP contribution in [-0.2, 0) is 16.1 Å². The summed E-state index contributed by atoms with van der Waals surface area (Å²) in [6, 6.07) is 24.4. The van der Waals surface area contributed by atoms with Gasteiger partial charge in [0.25, 0.3) is 0 Å². The highest BCUT2D eigenvalue weighted by Crippen LogP contribution is 2.22. The number of carboxylic acid groups (broad SMARTS) is 1. The average molecular weight is 478 g/mol. The lowest BCUT2D eigenvalue weighted by molar-refractivity contribution is -0.118. The molecule has 3 aromatic carbocycles. The predicted molar refractivity (Wildman–Crippen MR) is 130 cm³/mol. The standard InChI is InChI=1S/C26H27N3O6/c30-24(28-20-13-15-22(16-14-20)35-21-10-5-2-6-11-21)23(12-7-17-27-25(31)32)29-26(33)34-18-19-8-3-1-4-9-19/h1-6,8-11,13-16,23,27H,7,12,17-18H2,(H,28,30)(H,29,33)(H,31,32). The molecule has 4 N–H and O–H groups in total. The minimum Gasteiger partial charge on any atom is -0.465 e. The van der Waals surface area contributed by atoms with Gasteiger partial charge in [-0.15, -0.1) is 0 Å². The molecule has 0 radical (unpaired) electrons. The highest BCUT2D eigenvalue weighted by atomic mass is 16.5. The Balaban J connectivity index is 1.56. The number of hydrogen-bond donors (Lipinski definition) is 4. The fourth-order valence-corrected chi connectivity index (χ4v) is 3.14. The molecule has 0 saturated carbocycles. The molecule has 0 aliphatic carbocycles. The zero-order valence-corrected chi connectivity index (χ0v) is 19.0. The lowest BCUT2D eigenvalue weighted by Gasteiger charge is -2.18. The van der Waals surface area contributed by atoms with Crippen LogP contribution in [0, 0.1) is 0 Å². The van der Waals surface area contributed by atoms with Crippen LogP contribution in [0.2, 0.25) is 0 Å². The second-order valence-corrected chi connectivity index (χ2v) is 7.56. The number of ether oxygens (including phenoxy) is 2. The molecule has 3 amide bonds. The molecule has 1 unspecified atom stereocenters. The lowest BCUT2D eigenvalue weighted by atomic mass is 10.1. The third-order valence-electron chi connectivity index (χ3n) is 4.87. The summed E-state index contributed by atoms with van der Waals surface area (Å²) in [5.74, 6) is 0.847. The zero-order valence-electron chi connectivity index (χ0n) is 19.0. The zero-order chi connectivity index (χ0) is 24.9. The van der Waals surface area contributed by atoms with Crippen molar-refractivity contribution < 1.29 is 29.0 Å². The number of benzene rings is 3. The molecule has 0 fully saturated rings. The topological polar surface area (TPSA) is 126 Å². The van der Waals surface area contributed by atoms with E-state index in [1.54, 1.807) is 24.3 Å². The Morgan fingerprint density at radius 1 is 0.829 bits per heavy atom. The summed E-state index contributed by atoms with van der Waals surface area (Å²) in [4.78, 5) is 35.8. The van der Waals surface area contributed by atoms with Crippen molar-refractivity contribution in [3.05, 3.63) is 90.5 Å². The number of carbonyl (C=O) groups excluding carboxylic acids is 2. The minimum atomic E-state index is -1.15. The van der Waals surface area contributed by atoms with Crippen molar-refractivity contribution in [3.8, 4) is 11.5 Å². The van der Waals surface area contributed by atoms with Gasteiger partial charge >= 0.3 is 12.2 Å². The van der Waals surface area contributed by atoms with E-state index in [1.807, 2.05) is 60.7 Å². The van der Waals surface area contributed by atoms with E-state index in [0.29, 0.717) is 23.6 Å². The predicted octanol–water partition coefficient (Wildman–Crippen LogP) is 4.76. The quantitative estimate of drug-likeness (QED) is 0.295. The van der Waals surface area contributed by atoms with Crippen molar-refractivity contribution in [3.63, 3.8) is 0 Å². The summed E-state index contributed by atoms with van der Waals surface area (Å²) in [5, 5.41) is 16.3. The first-order valence-corrected chi connectivity index (χ1v) is 11.1. The van der Waals surface area contributed by atoms with Crippen LogP contribution in [0.3, 0.4) is 0 Å². The van der Waals surface area contributed by atoms with Gasteiger partial charge in [0, 0.05) is 12.2 Å². The Bertz CT molecular complexity index is 1090. The molecule has 0 bridgehead atoms. The van der Waals surface area contributed by atoms with Gasteiger partial charge in [-0.3, -0.25) is 4.79 Å². The Hall–Kier alpha value is -4.53. The number of amides is 3. The number of anilines is 1. The third-order valence-corrected chi connectivity index (χ3v) is 4.87. The van der Waals surface area contributed by atoms with Gasteiger partial charge in [0.1, 0.15) is 24.1 Å². The molecule has 0 spiro atoms. The van der Waals surface area contributed by atoms with Gasteiger partial charge in [0.15, 0.2) is 0 Å². The first kappa shape index (κ1) is 25.1. The van der Waals surface area contributed by atoms with E-state index in [4.69, 9.17) is 14.6 Å². The van der Waals surface area contributed by atoms with Crippen molar-refractivity contribution in [2.45, 2.75) is 25.5 Å². The average Bonchev–Trinajstić information content (AvgIpc) is 2.87. The Morgan fingerprint density at radius 2 is 1.46 bits per heavy atom. The molecule has 0 saturated heterocycles. The van der Waals surface area contributed by atoms with Crippen LogP contribution < -0.4 is 20.7 Å². The summed E-state index contributed by atoms with van der Waals surface area (Å²) in [6.07, 6.45) is -1.35. The van der Waals surface area contributed by atoms with Crippen LogP contribution in [-0.4, -0.2) is 35.8 Å². The van der Waals surface area contributed by atoms with Crippen LogP contribution in [0.4, 0.5) is 15.3 Å². The van der Waals surface area contributed by atoms with Crippen LogP contribution in [0.25, 0.3) is 0 Å². The molecular formula is C26H27N3O6. The summed E-state index contributed by atoms with van der Waals surface area (Å²) in [6.45, 7) is 0.204. The van der Waals surface area contributed by atoms with Gasteiger partial charge in [0.05, 0.1) is 0 Å². The van der Waals surface area contributed by atoms with E-state index in [9.17, 15) is 14.4 Å². The summed E-state index contributed by atoms with van der Waals surface area (Å²) >= 11 is 0. The fourth-order valence-electron chi connectivity index (χ4n) is 3.14. The smallest absolute Gasteiger partial charge is 0.408 e. The number of rotatable bonds is 11. The van der Waals surface area contributed by atoms with E-state index in [1.165, 1.54) is 0 Å². The maximum absolute atomic E-state index is 12.9. The second kappa shape index (κ2) is 13.2. The first-order chi connectivity index (χ1) is 17.0. The largest absolute Gasteiger partial charge is 0.465 e. The molecule has 0 aliphatic rings. The van der Waals surface area contributed by atoms with Crippen molar-refractivity contribution in [1.29, 1.82) is 0 Å². The highest BCUT2D eigenvalue weighted by molar-refractivity contribution is 5.96. The normalized spacial score (nSPS) is 11.1. The van der Waals surface area contributed by atoms with Crippen molar-refractivity contribution in [2.75, 3.05) is 11.9 Å². The molecule has 35 heavy (non-hydrogen) atoms. The number of nitrogens with one attached hydrogen (secondary N) is 3. The molecule has 0 heterocycles. The molecule has 3 aromatic rings. The van der Waals surface area contributed by atoms with Gasteiger partial charge in [-0.2, -0.15) is 0 Å². The minimum absolute atomic E-state index is 0.0600. The summed E-state index contributed by atoms with van der Waals surface area (Å²) in [7, 11) is 0. The van der Waals surface area contributed by atoms with Gasteiger partial charge in [0.2, 0.25) is 5.91 Å². The monoisotopic (exact) mass is 477 g/mol. The van der Waals surface area contributed by atoms with Gasteiger partial charge in [-0.1, -0.05) is 48.5 Å². The summed E-state index contributed by atoms with van der Waals surface area (Å²) in [5.41, 5.74) is 1.33. The van der Waals surface area contributed by atoms with Crippen molar-refractivity contribution in [2.24, 2.45) is 0 Å². The molecule has 3 rings (SSSR count). The van der Waals surface area contributed by atoms with Crippen LogP contribution in [0.1, 0.15) is 18.4 Å². The number of carbonyl (C=O) groups is 3. The van der Waals surface area contributed by atoms with E-state index >= 15 is 0 Å². The van der Waals surface area contributed by atoms with Crippen LogP contribution in [0.15, 0.2) is 84.9 Å². The molecule has 9 heteroatoms.